The van der Waals surface area contributed by atoms with E-state index in [4.69, 9.17) is 5.73 Å². The van der Waals surface area contributed by atoms with Gasteiger partial charge in [-0.2, -0.15) is 4.31 Å². The number of nitrogens with two attached hydrogens (primary N) is 1. The molecule has 0 saturated heterocycles. The first-order chi connectivity index (χ1) is 9.50. The molecule has 0 radical (unpaired) electrons. The van der Waals surface area contributed by atoms with Gasteiger partial charge in [0.1, 0.15) is 0 Å². The average Bonchev–Trinajstić information content (AvgIpc) is 3.23. The standard InChI is InChI=1S/C14H21BrN2O2S/c1-2-3-8-17(12-5-6-12)20(18,19)14-7-4-11(10-16)9-13(14)15/h4,7,9,12H,2-3,5-6,8,10,16H2,1H3. The first kappa shape index (κ1) is 15.9. The highest BCUT2D eigenvalue weighted by molar-refractivity contribution is 9.10. The number of unbranched alkanes of at least 4 members (excludes halogenated alkanes) is 1. The first-order valence-electron chi connectivity index (χ1n) is 7.01. The lowest BCUT2D eigenvalue weighted by molar-refractivity contribution is 0.395. The molecule has 0 atom stereocenters. The van der Waals surface area contributed by atoms with E-state index in [0.717, 1.165) is 31.2 Å². The summed E-state index contributed by atoms with van der Waals surface area (Å²) in [6.45, 7) is 3.08. The van der Waals surface area contributed by atoms with Crippen molar-refractivity contribution in [2.45, 2.75) is 50.1 Å². The van der Waals surface area contributed by atoms with Crippen molar-refractivity contribution in [2.24, 2.45) is 5.73 Å². The number of halogens is 1. The van der Waals surface area contributed by atoms with E-state index in [-0.39, 0.29) is 6.04 Å². The average molecular weight is 361 g/mol. The number of benzene rings is 1. The molecule has 0 aromatic heterocycles. The lowest BCUT2D eigenvalue weighted by Crippen LogP contribution is -2.34. The highest BCUT2D eigenvalue weighted by atomic mass is 79.9. The van der Waals surface area contributed by atoms with Crippen molar-refractivity contribution >= 4 is 26.0 Å². The summed E-state index contributed by atoms with van der Waals surface area (Å²) in [5.74, 6) is 0. The van der Waals surface area contributed by atoms with Gasteiger partial charge in [-0.1, -0.05) is 19.4 Å². The monoisotopic (exact) mass is 360 g/mol. The van der Waals surface area contributed by atoms with Crippen LogP contribution in [-0.4, -0.2) is 25.3 Å². The van der Waals surface area contributed by atoms with E-state index in [9.17, 15) is 8.42 Å². The smallest absolute Gasteiger partial charge is 0.244 e. The molecule has 0 spiro atoms. The van der Waals surface area contributed by atoms with Crippen LogP contribution in [-0.2, 0) is 16.6 Å². The molecule has 2 rings (SSSR count). The Balaban J connectivity index is 2.32. The SMILES string of the molecule is CCCCN(C1CC1)S(=O)(=O)c1ccc(CN)cc1Br. The number of hydrogen-bond donors (Lipinski definition) is 1. The molecule has 6 heteroatoms. The predicted octanol–water partition coefficient (Wildman–Crippen LogP) is 2.86. The van der Waals surface area contributed by atoms with Crippen molar-refractivity contribution in [1.29, 1.82) is 0 Å². The molecule has 1 fully saturated rings. The zero-order chi connectivity index (χ0) is 14.8. The summed E-state index contributed by atoms with van der Waals surface area (Å²) in [6, 6.07) is 5.41. The summed E-state index contributed by atoms with van der Waals surface area (Å²) in [6.07, 6.45) is 3.84. The minimum absolute atomic E-state index is 0.188. The maximum absolute atomic E-state index is 12.8. The molecule has 2 N–H and O–H groups in total. The van der Waals surface area contributed by atoms with Gasteiger partial charge in [-0.05, 0) is 52.9 Å². The van der Waals surface area contributed by atoms with Crippen molar-refractivity contribution in [2.75, 3.05) is 6.54 Å². The van der Waals surface area contributed by atoms with Gasteiger partial charge in [0.2, 0.25) is 10.0 Å². The van der Waals surface area contributed by atoms with Gasteiger partial charge in [0.25, 0.3) is 0 Å². The molecule has 0 bridgehead atoms. The van der Waals surface area contributed by atoms with E-state index < -0.39 is 10.0 Å². The van der Waals surface area contributed by atoms with Crippen LogP contribution in [0.4, 0.5) is 0 Å². The second-order valence-electron chi connectivity index (χ2n) is 5.17. The topological polar surface area (TPSA) is 63.4 Å². The fraction of sp³-hybridized carbons (Fsp3) is 0.571. The van der Waals surface area contributed by atoms with E-state index in [1.54, 1.807) is 22.5 Å². The Labute approximate surface area is 129 Å². The lowest BCUT2D eigenvalue weighted by atomic mass is 10.2. The Morgan fingerprint density at radius 2 is 2.10 bits per heavy atom. The Hall–Kier alpha value is -0.430. The molecule has 0 amide bonds. The van der Waals surface area contributed by atoms with Crippen molar-refractivity contribution in [3.63, 3.8) is 0 Å². The van der Waals surface area contributed by atoms with Crippen LogP contribution in [0.1, 0.15) is 38.2 Å². The quantitative estimate of drug-likeness (QED) is 0.812. The van der Waals surface area contributed by atoms with Crippen LogP contribution in [0.2, 0.25) is 0 Å². The maximum Gasteiger partial charge on any atom is 0.244 e. The van der Waals surface area contributed by atoms with Crippen LogP contribution in [0.25, 0.3) is 0 Å². The normalized spacial score (nSPS) is 15.8. The van der Waals surface area contributed by atoms with Gasteiger partial charge in [0, 0.05) is 23.6 Å². The van der Waals surface area contributed by atoms with E-state index >= 15 is 0 Å². The van der Waals surface area contributed by atoms with Crippen molar-refractivity contribution < 1.29 is 8.42 Å². The van der Waals surface area contributed by atoms with Gasteiger partial charge in [-0.15, -0.1) is 0 Å². The largest absolute Gasteiger partial charge is 0.326 e. The van der Waals surface area contributed by atoms with Crippen molar-refractivity contribution in [1.82, 2.24) is 4.31 Å². The lowest BCUT2D eigenvalue weighted by Gasteiger charge is -2.22. The fourth-order valence-corrected chi connectivity index (χ4v) is 4.99. The molecule has 4 nitrogen and oxygen atoms in total. The molecule has 20 heavy (non-hydrogen) atoms. The fourth-order valence-electron chi connectivity index (χ4n) is 2.18. The molecule has 0 aliphatic heterocycles. The van der Waals surface area contributed by atoms with E-state index in [0.29, 0.717) is 22.5 Å². The van der Waals surface area contributed by atoms with Crippen LogP contribution >= 0.6 is 15.9 Å². The van der Waals surface area contributed by atoms with Crippen molar-refractivity contribution in [3.05, 3.63) is 28.2 Å². The summed E-state index contributed by atoms with van der Waals surface area (Å²) >= 11 is 3.37. The van der Waals surface area contributed by atoms with E-state index in [2.05, 4.69) is 22.9 Å². The summed E-state index contributed by atoms with van der Waals surface area (Å²) in [5.41, 5.74) is 6.50. The Kier molecular flexibility index (Phi) is 5.23. The predicted molar refractivity (Wildman–Crippen MR) is 83.9 cm³/mol. The van der Waals surface area contributed by atoms with Gasteiger partial charge in [0.15, 0.2) is 0 Å². The van der Waals surface area contributed by atoms with Gasteiger partial charge in [-0.3, -0.25) is 0 Å². The summed E-state index contributed by atoms with van der Waals surface area (Å²) < 4.78 is 27.9. The van der Waals surface area contributed by atoms with Gasteiger partial charge >= 0.3 is 0 Å². The van der Waals surface area contributed by atoms with Gasteiger partial charge < -0.3 is 5.73 Å². The third kappa shape index (κ3) is 3.42. The van der Waals surface area contributed by atoms with Crippen LogP contribution < -0.4 is 5.73 Å². The highest BCUT2D eigenvalue weighted by Crippen LogP contribution is 2.34. The van der Waals surface area contributed by atoms with Crippen molar-refractivity contribution in [3.8, 4) is 0 Å². The van der Waals surface area contributed by atoms with Crippen LogP contribution in [0.5, 0.6) is 0 Å². The molecule has 1 aromatic rings. The molecule has 0 unspecified atom stereocenters. The van der Waals surface area contributed by atoms with Gasteiger partial charge in [0.05, 0.1) is 4.90 Å². The highest BCUT2D eigenvalue weighted by Gasteiger charge is 2.38. The molecule has 1 saturated carbocycles. The van der Waals surface area contributed by atoms with Gasteiger partial charge in [-0.25, -0.2) is 8.42 Å². The molecule has 1 aliphatic rings. The number of nitrogens with zero attached hydrogens (tertiary/aromatic N) is 1. The molecule has 1 aromatic carbocycles. The summed E-state index contributed by atoms with van der Waals surface area (Å²) in [4.78, 5) is 0.345. The van der Waals surface area contributed by atoms with E-state index in [1.165, 1.54) is 0 Å². The Bertz CT molecular complexity index is 571. The number of rotatable bonds is 7. The maximum atomic E-state index is 12.8. The summed E-state index contributed by atoms with van der Waals surface area (Å²) in [7, 11) is -3.42. The van der Waals surface area contributed by atoms with Crippen LogP contribution in [0.15, 0.2) is 27.6 Å². The minimum atomic E-state index is -3.42. The molecular formula is C14H21BrN2O2S. The minimum Gasteiger partial charge on any atom is -0.326 e. The molecule has 1 aliphatic carbocycles. The Morgan fingerprint density at radius 1 is 1.40 bits per heavy atom. The Morgan fingerprint density at radius 3 is 2.60 bits per heavy atom. The number of sulfonamides is 1. The third-order valence-corrected chi connectivity index (χ3v) is 6.43. The second-order valence-corrected chi connectivity index (χ2v) is 7.88. The van der Waals surface area contributed by atoms with Crippen LogP contribution in [0, 0.1) is 0 Å². The zero-order valence-corrected chi connectivity index (χ0v) is 14.1. The number of hydrogen-bond acceptors (Lipinski definition) is 3. The summed E-state index contributed by atoms with van der Waals surface area (Å²) in [5, 5.41) is 0. The second kappa shape index (κ2) is 6.56. The third-order valence-electron chi connectivity index (χ3n) is 3.50. The molecule has 112 valence electrons. The first-order valence-corrected chi connectivity index (χ1v) is 9.24. The molecule has 0 heterocycles. The molecular weight excluding hydrogens is 340 g/mol. The zero-order valence-electron chi connectivity index (χ0n) is 11.7. The van der Waals surface area contributed by atoms with Crippen LogP contribution in [0.3, 0.4) is 0 Å². The van der Waals surface area contributed by atoms with E-state index in [1.807, 2.05) is 0 Å².